The van der Waals surface area contributed by atoms with Crippen LogP contribution in [0.25, 0.3) is 0 Å². The maximum absolute atomic E-state index is 6.29. The van der Waals surface area contributed by atoms with Gasteiger partial charge in [0.2, 0.25) is 0 Å². The third-order valence-corrected chi connectivity index (χ3v) is 3.86. The normalized spacial score (nSPS) is 15.5. The molecular formula is C14H27N3. The van der Waals surface area contributed by atoms with Gasteiger partial charge in [0.15, 0.2) is 0 Å². The maximum atomic E-state index is 6.29. The van der Waals surface area contributed by atoms with Gasteiger partial charge < -0.3 is 5.73 Å². The molecule has 1 rings (SSSR count). The van der Waals surface area contributed by atoms with Gasteiger partial charge in [-0.05, 0) is 31.7 Å². The monoisotopic (exact) mass is 237 g/mol. The van der Waals surface area contributed by atoms with Gasteiger partial charge >= 0.3 is 0 Å². The van der Waals surface area contributed by atoms with Crippen LogP contribution >= 0.6 is 0 Å². The Morgan fingerprint density at radius 2 is 1.94 bits per heavy atom. The third kappa shape index (κ3) is 3.56. The van der Waals surface area contributed by atoms with Crippen molar-refractivity contribution in [1.29, 1.82) is 0 Å². The van der Waals surface area contributed by atoms with Crippen LogP contribution in [-0.4, -0.2) is 15.3 Å². The number of hydrogen-bond donors (Lipinski definition) is 1. The Kier molecular flexibility index (Phi) is 4.75. The highest BCUT2D eigenvalue weighted by Crippen LogP contribution is 2.20. The quantitative estimate of drug-likeness (QED) is 0.826. The molecule has 1 aromatic heterocycles. The third-order valence-electron chi connectivity index (χ3n) is 3.86. The maximum Gasteiger partial charge on any atom is 0.0643 e. The van der Waals surface area contributed by atoms with Crippen molar-refractivity contribution < 1.29 is 0 Å². The molecule has 0 aliphatic heterocycles. The molecule has 0 aliphatic rings. The van der Waals surface area contributed by atoms with Crippen LogP contribution in [0.15, 0.2) is 12.3 Å². The molecule has 0 aromatic carbocycles. The highest BCUT2D eigenvalue weighted by Gasteiger charge is 2.24. The second-order valence-corrected chi connectivity index (χ2v) is 5.59. The summed E-state index contributed by atoms with van der Waals surface area (Å²) < 4.78 is 2.09. The van der Waals surface area contributed by atoms with Crippen molar-refractivity contribution in [2.75, 3.05) is 0 Å². The van der Waals surface area contributed by atoms with E-state index in [1.54, 1.807) is 0 Å². The number of nitrogens with two attached hydrogens (primary N) is 1. The zero-order valence-corrected chi connectivity index (χ0v) is 11.9. The number of hydrogen-bond acceptors (Lipinski definition) is 2. The van der Waals surface area contributed by atoms with E-state index in [0.717, 1.165) is 25.0 Å². The van der Waals surface area contributed by atoms with E-state index in [9.17, 15) is 0 Å². The summed E-state index contributed by atoms with van der Waals surface area (Å²) in [4.78, 5) is 0. The lowest BCUT2D eigenvalue weighted by atomic mass is 9.85. The van der Waals surface area contributed by atoms with E-state index in [0.29, 0.717) is 12.0 Å². The van der Waals surface area contributed by atoms with Crippen LogP contribution in [0.2, 0.25) is 0 Å². The molecule has 17 heavy (non-hydrogen) atoms. The molecule has 0 spiro atoms. The molecule has 0 fully saturated rings. The summed E-state index contributed by atoms with van der Waals surface area (Å²) in [6, 6.07) is 2.62. The molecule has 1 heterocycles. The van der Waals surface area contributed by atoms with Crippen molar-refractivity contribution in [3.05, 3.63) is 18.0 Å². The zero-order chi connectivity index (χ0) is 13.1. The molecule has 3 heteroatoms. The molecule has 0 saturated carbocycles. The fourth-order valence-corrected chi connectivity index (χ4v) is 1.93. The lowest BCUT2D eigenvalue weighted by Gasteiger charge is -2.28. The molecule has 98 valence electrons. The second-order valence-electron chi connectivity index (χ2n) is 5.59. The molecule has 0 saturated heterocycles. The van der Waals surface area contributed by atoms with Crippen LogP contribution in [0.4, 0.5) is 0 Å². The molecule has 0 amide bonds. The summed E-state index contributed by atoms with van der Waals surface area (Å²) in [5.74, 6) is 0.459. The van der Waals surface area contributed by atoms with Gasteiger partial charge in [-0.1, -0.05) is 27.7 Å². The Morgan fingerprint density at radius 1 is 1.35 bits per heavy atom. The molecule has 1 atom stereocenters. The molecule has 0 bridgehead atoms. The van der Waals surface area contributed by atoms with Gasteiger partial charge in [0.25, 0.3) is 0 Å². The van der Waals surface area contributed by atoms with Crippen molar-refractivity contribution in [3.63, 3.8) is 0 Å². The van der Waals surface area contributed by atoms with Crippen LogP contribution in [0, 0.1) is 5.92 Å². The molecule has 2 N–H and O–H groups in total. The van der Waals surface area contributed by atoms with E-state index in [1.165, 1.54) is 0 Å². The fourth-order valence-electron chi connectivity index (χ4n) is 1.93. The van der Waals surface area contributed by atoms with Gasteiger partial charge in [0.05, 0.1) is 11.7 Å². The lowest BCUT2D eigenvalue weighted by molar-refractivity contribution is 0.331. The highest BCUT2D eigenvalue weighted by molar-refractivity contribution is 5.05. The van der Waals surface area contributed by atoms with Crippen LogP contribution in [-0.2, 0) is 6.42 Å². The topological polar surface area (TPSA) is 43.8 Å². The first-order valence-corrected chi connectivity index (χ1v) is 6.73. The van der Waals surface area contributed by atoms with Crippen LogP contribution in [0.1, 0.15) is 59.2 Å². The van der Waals surface area contributed by atoms with Gasteiger partial charge in [-0.25, -0.2) is 0 Å². The van der Waals surface area contributed by atoms with Gasteiger partial charge in [0, 0.05) is 18.2 Å². The Hall–Kier alpha value is -0.830. The first-order valence-electron chi connectivity index (χ1n) is 6.73. The first kappa shape index (κ1) is 14.2. The largest absolute Gasteiger partial charge is 0.325 e. The van der Waals surface area contributed by atoms with Crippen LogP contribution < -0.4 is 5.73 Å². The van der Waals surface area contributed by atoms with Gasteiger partial charge in [-0.2, -0.15) is 5.10 Å². The van der Waals surface area contributed by atoms with Gasteiger partial charge in [-0.15, -0.1) is 0 Å². The summed E-state index contributed by atoms with van der Waals surface area (Å²) in [5.41, 5.74) is 7.23. The van der Waals surface area contributed by atoms with Crippen molar-refractivity contribution in [3.8, 4) is 0 Å². The Bertz CT molecular complexity index is 335. The number of rotatable bonds is 6. The van der Waals surface area contributed by atoms with Crippen LogP contribution in [0.3, 0.4) is 0 Å². The second kappa shape index (κ2) is 5.67. The summed E-state index contributed by atoms with van der Waals surface area (Å²) in [6.07, 6.45) is 5.19. The molecular weight excluding hydrogens is 210 g/mol. The van der Waals surface area contributed by atoms with Crippen molar-refractivity contribution >= 4 is 0 Å². The Balaban J connectivity index is 2.75. The summed E-state index contributed by atoms with van der Waals surface area (Å²) in [5, 5.41) is 4.66. The van der Waals surface area contributed by atoms with E-state index < -0.39 is 0 Å². The van der Waals surface area contributed by atoms with E-state index in [1.807, 2.05) is 0 Å². The summed E-state index contributed by atoms with van der Waals surface area (Å²) >= 11 is 0. The van der Waals surface area contributed by atoms with E-state index in [-0.39, 0.29) is 5.54 Å². The van der Waals surface area contributed by atoms with Crippen molar-refractivity contribution in [2.45, 2.75) is 65.5 Å². The Morgan fingerprint density at radius 3 is 2.41 bits per heavy atom. The van der Waals surface area contributed by atoms with Gasteiger partial charge in [-0.3, -0.25) is 4.68 Å². The van der Waals surface area contributed by atoms with Gasteiger partial charge in [0.1, 0.15) is 0 Å². The molecule has 1 unspecified atom stereocenters. The highest BCUT2D eigenvalue weighted by atomic mass is 15.3. The lowest BCUT2D eigenvalue weighted by Crippen LogP contribution is -2.44. The van der Waals surface area contributed by atoms with Crippen molar-refractivity contribution in [2.24, 2.45) is 11.7 Å². The molecule has 0 radical (unpaired) electrons. The number of nitrogens with zero attached hydrogens (tertiary/aromatic N) is 2. The minimum absolute atomic E-state index is 0.174. The number of aromatic nitrogens is 2. The molecule has 3 nitrogen and oxygen atoms in total. The molecule has 0 aliphatic carbocycles. The Labute approximate surface area is 105 Å². The zero-order valence-electron chi connectivity index (χ0n) is 11.9. The van der Waals surface area contributed by atoms with E-state index in [4.69, 9.17) is 5.73 Å². The standard InChI is InChI=1S/C14H27N3/c1-6-13(7-2)17-9-8-12(16-17)10-14(5,15)11(3)4/h8-9,11,13H,6-7,10,15H2,1-5H3. The van der Waals surface area contributed by atoms with Crippen molar-refractivity contribution in [1.82, 2.24) is 9.78 Å². The summed E-state index contributed by atoms with van der Waals surface area (Å²) in [7, 11) is 0. The van der Waals surface area contributed by atoms with Crippen LogP contribution in [0.5, 0.6) is 0 Å². The average molecular weight is 237 g/mol. The predicted molar refractivity (Wildman–Crippen MR) is 73.0 cm³/mol. The molecule has 1 aromatic rings. The fraction of sp³-hybridized carbons (Fsp3) is 0.786. The first-order chi connectivity index (χ1) is 7.90. The minimum Gasteiger partial charge on any atom is -0.325 e. The van der Waals surface area contributed by atoms with E-state index >= 15 is 0 Å². The SMILES string of the molecule is CCC(CC)n1ccc(CC(C)(N)C(C)C)n1. The predicted octanol–water partition coefficient (Wildman–Crippen LogP) is 3.16. The smallest absolute Gasteiger partial charge is 0.0643 e. The summed E-state index contributed by atoms with van der Waals surface area (Å²) in [6.45, 7) is 10.8. The minimum atomic E-state index is -0.174. The van der Waals surface area contributed by atoms with E-state index in [2.05, 4.69) is 56.7 Å². The average Bonchev–Trinajstić information content (AvgIpc) is 2.67.